The first-order chi connectivity index (χ1) is 15.7. The zero-order chi connectivity index (χ0) is 23.8. The Kier molecular flexibility index (Phi) is 6.69. The van der Waals surface area contributed by atoms with E-state index >= 15 is 0 Å². The zero-order valence-corrected chi connectivity index (χ0v) is 20.4. The van der Waals surface area contributed by atoms with Gasteiger partial charge in [0.1, 0.15) is 5.75 Å². The molecule has 10 heteroatoms. The van der Waals surface area contributed by atoms with Gasteiger partial charge >= 0.3 is 0 Å². The van der Waals surface area contributed by atoms with E-state index in [2.05, 4.69) is 10.6 Å². The number of nitrogens with zero attached hydrogens (tertiary/aromatic N) is 1. The second-order valence-electron chi connectivity index (χ2n) is 8.28. The van der Waals surface area contributed by atoms with Crippen LogP contribution >= 0.6 is 11.8 Å². The fourth-order valence-electron chi connectivity index (χ4n) is 4.01. The van der Waals surface area contributed by atoms with Crippen LogP contribution < -0.4 is 15.4 Å². The number of rotatable bonds is 5. The number of hydrogen-bond acceptors (Lipinski definition) is 6. The summed E-state index contributed by atoms with van der Waals surface area (Å²) >= 11 is 1.41. The third kappa shape index (κ3) is 4.87. The Labute approximate surface area is 198 Å². The molecule has 1 fully saturated rings. The van der Waals surface area contributed by atoms with Crippen LogP contribution in [0.1, 0.15) is 25.3 Å². The van der Waals surface area contributed by atoms with Crippen molar-refractivity contribution in [3.05, 3.63) is 42.0 Å². The van der Waals surface area contributed by atoms with Gasteiger partial charge in [0, 0.05) is 23.9 Å². The molecule has 2 heterocycles. The van der Waals surface area contributed by atoms with Crippen LogP contribution in [0.4, 0.5) is 11.4 Å². The van der Waals surface area contributed by atoms with Crippen molar-refractivity contribution >= 4 is 45.0 Å². The third-order valence-corrected chi connectivity index (χ3v) is 9.03. The monoisotopic (exact) mass is 489 g/mol. The predicted molar refractivity (Wildman–Crippen MR) is 128 cm³/mol. The van der Waals surface area contributed by atoms with Crippen LogP contribution in [0.5, 0.6) is 5.75 Å². The van der Waals surface area contributed by atoms with Crippen molar-refractivity contribution in [2.24, 2.45) is 5.92 Å². The number of ether oxygens (including phenoxy) is 1. The van der Waals surface area contributed by atoms with Crippen LogP contribution in [0.15, 0.2) is 46.2 Å². The number of carbonyl (C=O) groups excluding carboxylic acids is 2. The van der Waals surface area contributed by atoms with Gasteiger partial charge in [0.25, 0.3) is 0 Å². The summed E-state index contributed by atoms with van der Waals surface area (Å²) in [6, 6.07) is 10.4. The minimum Gasteiger partial charge on any atom is -0.495 e. The number of carbonyl (C=O) groups is 2. The van der Waals surface area contributed by atoms with Crippen molar-refractivity contribution in [3.8, 4) is 5.75 Å². The van der Waals surface area contributed by atoms with Crippen molar-refractivity contribution < 1.29 is 22.7 Å². The van der Waals surface area contributed by atoms with Gasteiger partial charge in [0.2, 0.25) is 21.8 Å². The molecule has 2 aliphatic rings. The first-order valence-corrected chi connectivity index (χ1v) is 13.1. The number of thioether (sulfide) groups is 1. The molecule has 1 saturated heterocycles. The van der Waals surface area contributed by atoms with Crippen molar-refractivity contribution in [1.29, 1.82) is 0 Å². The molecule has 0 spiro atoms. The van der Waals surface area contributed by atoms with E-state index in [0.29, 0.717) is 30.0 Å². The van der Waals surface area contributed by atoms with Gasteiger partial charge < -0.3 is 15.4 Å². The summed E-state index contributed by atoms with van der Waals surface area (Å²) in [5, 5.41) is 5.48. The Bertz CT molecular complexity index is 1190. The SMILES string of the molecule is COc1ccc(C)cc1NC(=O)C1CCN(S(=O)(=O)c2ccc3c(c2)NC(=O)C(C)S3)CC1. The molecule has 0 aromatic heterocycles. The third-order valence-electron chi connectivity index (χ3n) is 5.96. The van der Waals surface area contributed by atoms with E-state index in [9.17, 15) is 18.0 Å². The summed E-state index contributed by atoms with van der Waals surface area (Å²) in [6.07, 6.45) is 0.850. The van der Waals surface area contributed by atoms with Gasteiger partial charge in [-0.1, -0.05) is 6.07 Å². The smallest absolute Gasteiger partial charge is 0.243 e. The highest BCUT2D eigenvalue weighted by molar-refractivity contribution is 8.01. The molecule has 8 nitrogen and oxygen atoms in total. The van der Waals surface area contributed by atoms with Crippen LogP contribution in [0.2, 0.25) is 0 Å². The lowest BCUT2D eigenvalue weighted by Crippen LogP contribution is -2.41. The number of aryl methyl sites for hydroxylation is 1. The molecular formula is C23H27N3O5S2. The van der Waals surface area contributed by atoms with Gasteiger partial charge in [-0.25, -0.2) is 8.42 Å². The lowest BCUT2D eigenvalue weighted by molar-refractivity contribution is -0.121. The second-order valence-corrected chi connectivity index (χ2v) is 11.6. The van der Waals surface area contributed by atoms with E-state index in [4.69, 9.17) is 4.74 Å². The molecule has 2 N–H and O–H groups in total. The molecular weight excluding hydrogens is 462 g/mol. The first-order valence-electron chi connectivity index (χ1n) is 10.8. The van der Waals surface area contributed by atoms with Crippen LogP contribution in [-0.2, 0) is 19.6 Å². The fraction of sp³-hybridized carbons (Fsp3) is 0.391. The van der Waals surface area contributed by atoms with E-state index in [-0.39, 0.29) is 41.0 Å². The zero-order valence-electron chi connectivity index (χ0n) is 18.8. The van der Waals surface area contributed by atoms with E-state index < -0.39 is 10.0 Å². The number of nitrogens with one attached hydrogen (secondary N) is 2. The van der Waals surface area contributed by atoms with Crippen molar-refractivity contribution in [2.75, 3.05) is 30.8 Å². The summed E-state index contributed by atoms with van der Waals surface area (Å²) in [4.78, 5) is 25.8. The van der Waals surface area contributed by atoms with E-state index in [1.54, 1.807) is 25.3 Å². The number of hydrogen-bond donors (Lipinski definition) is 2. The molecule has 2 amide bonds. The summed E-state index contributed by atoms with van der Waals surface area (Å²) in [6.45, 7) is 4.24. The molecule has 4 rings (SSSR count). The predicted octanol–water partition coefficient (Wildman–Crippen LogP) is 3.48. The minimum atomic E-state index is -3.73. The number of piperidine rings is 1. The van der Waals surface area contributed by atoms with Crippen LogP contribution in [-0.4, -0.2) is 50.0 Å². The molecule has 0 aliphatic carbocycles. The van der Waals surface area contributed by atoms with Crippen LogP contribution in [0, 0.1) is 12.8 Å². The van der Waals surface area contributed by atoms with Gasteiger partial charge in [-0.3, -0.25) is 9.59 Å². The highest BCUT2D eigenvalue weighted by atomic mass is 32.2. The Hall–Kier alpha value is -2.56. The van der Waals surface area contributed by atoms with Gasteiger partial charge in [-0.05, 0) is 62.6 Å². The Balaban J connectivity index is 1.42. The topological polar surface area (TPSA) is 105 Å². The lowest BCUT2D eigenvalue weighted by atomic mass is 9.97. The maximum atomic E-state index is 13.2. The molecule has 176 valence electrons. The average molecular weight is 490 g/mol. The highest BCUT2D eigenvalue weighted by Crippen LogP contribution is 2.37. The summed E-state index contributed by atoms with van der Waals surface area (Å²) < 4.78 is 33.1. The number of anilines is 2. The quantitative estimate of drug-likeness (QED) is 0.666. The van der Waals surface area contributed by atoms with E-state index in [1.807, 2.05) is 26.0 Å². The van der Waals surface area contributed by atoms with Gasteiger partial charge in [-0.2, -0.15) is 4.31 Å². The lowest BCUT2D eigenvalue weighted by Gasteiger charge is -2.31. The summed E-state index contributed by atoms with van der Waals surface area (Å²) in [5.74, 6) is 0.0149. The van der Waals surface area contributed by atoms with Gasteiger partial charge in [0.05, 0.1) is 28.6 Å². The van der Waals surface area contributed by atoms with Gasteiger partial charge in [0.15, 0.2) is 0 Å². The van der Waals surface area contributed by atoms with Crippen LogP contribution in [0.25, 0.3) is 0 Å². The average Bonchev–Trinajstić information content (AvgIpc) is 2.79. The number of sulfonamides is 1. The van der Waals surface area contributed by atoms with Crippen LogP contribution in [0.3, 0.4) is 0 Å². The normalized spacial score (nSPS) is 19.5. The molecule has 2 aromatic carbocycles. The van der Waals surface area contributed by atoms with E-state index in [1.165, 1.54) is 22.1 Å². The maximum Gasteiger partial charge on any atom is 0.243 e. The molecule has 0 radical (unpaired) electrons. The molecule has 1 atom stereocenters. The molecule has 0 saturated carbocycles. The standard InChI is InChI=1S/C23H27N3O5S2/c1-14-4-6-20(31-3)18(12-14)24-23(28)16-8-10-26(11-9-16)33(29,30)17-5-7-21-19(13-17)25-22(27)15(2)32-21/h4-7,12-13,15-16H,8-11H2,1-3H3,(H,24,28)(H,25,27). The summed E-state index contributed by atoms with van der Waals surface area (Å²) in [5.41, 5.74) is 2.13. The Morgan fingerprint density at radius 1 is 1.18 bits per heavy atom. The number of benzene rings is 2. The van der Waals surface area contributed by atoms with E-state index in [0.717, 1.165) is 10.5 Å². The number of fused-ring (bicyclic) bond motifs is 1. The number of methoxy groups -OCH3 is 1. The van der Waals surface area contributed by atoms with Crippen molar-refractivity contribution in [1.82, 2.24) is 4.31 Å². The molecule has 2 aliphatic heterocycles. The molecule has 33 heavy (non-hydrogen) atoms. The minimum absolute atomic E-state index is 0.140. The largest absolute Gasteiger partial charge is 0.495 e. The van der Waals surface area contributed by atoms with Crippen molar-refractivity contribution in [3.63, 3.8) is 0 Å². The van der Waals surface area contributed by atoms with Crippen molar-refractivity contribution in [2.45, 2.75) is 41.7 Å². The Morgan fingerprint density at radius 3 is 2.61 bits per heavy atom. The first kappa shape index (κ1) is 23.6. The summed E-state index contributed by atoms with van der Waals surface area (Å²) in [7, 11) is -2.18. The van der Waals surface area contributed by atoms with Gasteiger partial charge in [-0.15, -0.1) is 11.8 Å². The molecule has 0 bridgehead atoms. The second kappa shape index (κ2) is 9.36. The highest BCUT2D eigenvalue weighted by Gasteiger charge is 2.33. The maximum absolute atomic E-state index is 13.2. The molecule has 1 unspecified atom stereocenters. The Morgan fingerprint density at radius 2 is 1.91 bits per heavy atom. The number of amides is 2. The fourth-order valence-corrected chi connectivity index (χ4v) is 6.44. The molecule has 2 aromatic rings.